The third kappa shape index (κ3) is 2.73. The molecule has 1 heterocycles. The summed E-state index contributed by atoms with van der Waals surface area (Å²) in [4.78, 5) is 26.1. The van der Waals surface area contributed by atoms with Crippen molar-refractivity contribution >= 4 is 23.3 Å². The third-order valence-corrected chi connectivity index (χ3v) is 3.95. The van der Waals surface area contributed by atoms with Gasteiger partial charge in [0.15, 0.2) is 5.60 Å². The summed E-state index contributed by atoms with van der Waals surface area (Å²) in [6, 6.07) is 5.05. The molecule has 0 bridgehead atoms. The van der Waals surface area contributed by atoms with Crippen molar-refractivity contribution in [2.75, 3.05) is 23.8 Å². The van der Waals surface area contributed by atoms with Crippen molar-refractivity contribution in [3.05, 3.63) is 18.2 Å². The molecule has 0 aromatic heterocycles. The third-order valence-electron chi connectivity index (χ3n) is 3.95. The van der Waals surface area contributed by atoms with Gasteiger partial charge in [0.05, 0.1) is 12.3 Å². The smallest absolute Gasteiger partial charge is 0.326 e. The van der Waals surface area contributed by atoms with Gasteiger partial charge in [0.2, 0.25) is 0 Å². The van der Waals surface area contributed by atoms with E-state index in [1.807, 2.05) is 13.8 Å². The molecule has 1 amide bonds. The van der Waals surface area contributed by atoms with Crippen LogP contribution in [0.1, 0.15) is 33.6 Å². The van der Waals surface area contributed by atoms with Crippen LogP contribution in [0.25, 0.3) is 0 Å². The van der Waals surface area contributed by atoms with E-state index in [9.17, 15) is 9.59 Å². The quantitative estimate of drug-likeness (QED) is 0.665. The van der Waals surface area contributed by atoms with Crippen molar-refractivity contribution in [3.8, 4) is 5.75 Å². The lowest BCUT2D eigenvalue weighted by molar-refractivity contribution is -0.145. The summed E-state index contributed by atoms with van der Waals surface area (Å²) in [7, 11) is 0. The number of esters is 1. The number of nitrogens with two attached hydrogens (primary N) is 1. The Kier molecular flexibility index (Phi) is 4.59. The molecule has 2 rings (SSSR count). The molecular weight excluding hydrogens is 284 g/mol. The number of ether oxygens (including phenoxy) is 2. The molecule has 0 spiro atoms. The lowest BCUT2D eigenvalue weighted by atomic mass is 9.92. The van der Waals surface area contributed by atoms with E-state index in [-0.39, 0.29) is 19.1 Å². The van der Waals surface area contributed by atoms with Crippen LogP contribution in [0, 0.1) is 0 Å². The molecule has 0 atom stereocenters. The van der Waals surface area contributed by atoms with E-state index in [0.717, 1.165) is 0 Å². The number of fused-ring (bicyclic) bond motifs is 1. The maximum absolute atomic E-state index is 12.9. The maximum Gasteiger partial charge on any atom is 0.326 e. The van der Waals surface area contributed by atoms with Crippen molar-refractivity contribution < 1.29 is 19.1 Å². The molecule has 6 heteroatoms. The number of carbonyl (C=O) groups is 2. The lowest BCUT2D eigenvalue weighted by Crippen LogP contribution is -2.56. The molecule has 0 aliphatic carbocycles. The largest absolute Gasteiger partial charge is 0.475 e. The van der Waals surface area contributed by atoms with Crippen LogP contribution in [0.15, 0.2) is 18.2 Å². The summed E-state index contributed by atoms with van der Waals surface area (Å²) in [6.07, 6.45) is 1.02. The van der Waals surface area contributed by atoms with Crippen LogP contribution >= 0.6 is 0 Å². The van der Waals surface area contributed by atoms with E-state index >= 15 is 0 Å². The highest BCUT2D eigenvalue weighted by Crippen LogP contribution is 2.41. The predicted molar refractivity (Wildman–Crippen MR) is 83.8 cm³/mol. The Bertz CT molecular complexity index is 582. The lowest BCUT2D eigenvalue weighted by Gasteiger charge is -2.41. The second-order valence-electron chi connectivity index (χ2n) is 5.23. The van der Waals surface area contributed by atoms with Crippen molar-refractivity contribution in [2.45, 2.75) is 39.2 Å². The van der Waals surface area contributed by atoms with Gasteiger partial charge in [0.1, 0.15) is 12.3 Å². The molecule has 1 aromatic rings. The summed E-state index contributed by atoms with van der Waals surface area (Å²) in [5, 5.41) is 0. The minimum Gasteiger partial charge on any atom is -0.475 e. The molecule has 1 aliphatic rings. The minimum atomic E-state index is -0.965. The molecule has 0 fully saturated rings. The Morgan fingerprint density at radius 1 is 1.32 bits per heavy atom. The average molecular weight is 306 g/mol. The Balaban J connectivity index is 2.45. The number of amides is 1. The minimum absolute atomic E-state index is 0.130. The normalized spacial score (nSPS) is 16.0. The molecule has 1 aliphatic heterocycles. The zero-order valence-corrected chi connectivity index (χ0v) is 13.2. The molecule has 6 nitrogen and oxygen atoms in total. The van der Waals surface area contributed by atoms with Gasteiger partial charge in [0, 0.05) is 11.8 Å². The molecule has 2 N–H and O–H groups in total. The maximum atomic E-state index is 12.9. The number of rotatable bonds is 5. The highest BCUT2D eigenvalue weighted by molar-refractivity contribution is 6.05. The summed E-state index contributed by atoms with van der Waals surface area (Å²) in [5.41, 5.74) is 5.93. The van der Waals surface area contributed by atoms with Gasteiger partial charge in [-0.25, -0.2) is 0 Å². The Labute approximate surface area is 130 Å². The van der Waals surface area contributed by atoms with Gasteiger partial charge < -0.3 is 15.2 Å². The van der Waals surface area contributed by atoms with E-state index in [2.05, 4.69) is 0 Å². The number of hydrogen-bond acceptors (Lipinski definition) is 5. The molecule has 0 saturated heterocycles. The number of carbonyl (C=O) groups excluding carboxylic acids is 2. The molecule has 22 heavy (non-hydrogen) atoms. The van der Waals surface area contributed by atoms with Crippen molar-refractivity contribution in [1.29, 1.82) is 0 Å². The fraction of sp³-hybridized carbons (Fsp3) is 0.500. The first-order valence-corrected chi connectivity index (χ1v) is 7.53. The van der Waals surface area contributed by atoms with Crippen LogP contribution in [-0.4, -0.2) is 30.6 Å². The zero-order valence-electron chi connectivity index (χ0n) is 13.2. The van der Waals surface area contributed by atoms with E-state index < -0.39 is 11.6 Å². The molecule has 0 saturated carbocycles. The molecule has 120 valence electrons. The van der Waals surface area contributed by atoms with Gasteiger partial charge in [-0.05, 0) is 31.9 Å². The van der Waals surface area contributed by atoms with Gasteiger partial charge in [-0.1, -0.05) is 13.8 Å². The number of anilines is 2. The van der Waals surface area contributed by atoms with Gasteiger partial charge in [-0.2, -0.15) is 0 Å². The van der Waals surface area contributed by atoms with Crippen LogP contribution in [0.5, 0.6) is 5.75 Å². The molecule has 1 aromatic carbocycles. The van der Waals surface area contributed by atoms with E-state index in [0.29, 0.717) is 30.0 Å². The summed E-state index contributed by atoms with van der Waals surface area (Å²) < 4.78 is 10.9. The number of hydrogen-bond donors (Lipinski definition) is 1. The SMILES string of the molecule is CCOC(=O)CN1C(=O)C(CC)(CC)Oc2cc(N)ccc21. The van der Waals surface area contributed by atoms with Gasteiger partial charge in [-0.3, -0.25) is 14.5 Å². The summed E-state index contributed by atoms with van der Waals surface area (Å²) in [6.45, 7) is 5.66. The van der Waals surface area contributed by atoms with Crippen LogP contribution in [0.4, 0.5) is 11.4 Å². The first kappa shape index (κ1) is 16.1. The standard InChI is InChI=1S/C16H22N2O4/c1-4-16(5-2)15(20)18(10-14(19)21-6-3)12-8-7-11(17)9-13(12)22-16/h7-9H,4-6,10,17H2,1-3H3. The first-order valence-electron chi connectivity index (χ1n) is 7.53. The summed E-state index contributed by atoms with van der Waals surface area (Å²) >= 11 is 0. The van der Waals surface area contributed by atoms with Gasteiger partial charge in [0.25, 0.3) is 5.91 Å². The van der Waals surface area contributed by atoms with Gasteiger partial charge in [-0.15, -0.1) is 0 Å². The van der Waals surface area contributed by atoms with Crippen molar-refractivity contribution in [1.82, 2.24) is 0 Å². The fourth-order valence-electron chi connectivity index (χ4n) is 2.63. The Hall–Kier alpha value is -2.24. The number of nitrogen functional groups attached to an aromatic ring is 1. The highest BCUT2D eigenvalue weighted by Gasteiger charge is 2.46. The zero-order chi connectivity index (χ0) is 16.3. The molecule has 0 unspecified atom stereocenters. The van der Waals surface area contributed by atoms with Crippen LogP contribution < -0.4 is 15.4 Å². The van der Waals surface area contributed by atoms with E-state index in [1.165, 1.54) is 4.90 Å². The van der Waals surface area contributed by atoms with Crippen molar-refractivity contribution in [3.63, 3.8) is 0 Å². The van der Waals surface area contributed by atoms with Gasteiger partial charge >= 0.3 is 5.97 Å². The second kappa shape index (κ2) is 6.25. The van der Waals surface area contributed by atoms with Crippen LogP contribution in [0.3, 0.4) is 0 Å². The molecule has 0 radical (unpaired) electrons. The Morgan fingerprint density at radius 2 is 2.00 bits per heavy atom. The highest BCUT2D eigenvalue weighted by atomic mass is 16.5. The number of nitrogens with zero attached hydrogens (tertiary/aromatic N) is 1. The van der Waals surface area contributed by atoms with Crippen molar-refractivity contribution in [2.24, 2.45) is 0 Å². The predicted octanol–water partition coefficient (Wildman–Crippen LogP) is 2.12. The fourth-order valence-corrected chi connectivity index (χ4v) is 2.63. The average Bonchev–Trinajstić information content (AvgIpc) is 2.50. The first-order chi connectivity index (χ1) is 10.5. The summed E-state index contributed by atoms with van der Waals surface area (Å²) in [5.74, 6) is -0.142. The van der Waals surface area contributed by atoms with E-state index in [1.54, 1.807) is 25.1 Å². The van der Waals surface area contributed by atoms with Crippen LogP contribution in [-0.2, 0) is 14.3 Å². The molecular formula is C16H22N2O4. The second-order valence-corrected chi connectivity index (χ2v) is 5.23. The van der Waals surface area contributed by atoms with Crippen LogP contribution in [0.2, 0.25) is 0 Å². The monoisotopic (exact) mass is 306 g/mol. The number of benzene rings is 1. The topological polar surface area (TPSA) is 81.9 Å². The Morgan fingerprint density at radius 3 is 2.59 bits per heavy atom. The van der Waals surface area contributed by atoms with E-state index in [4.69, 9.17) is 15.2 Å².